The van der Waals surface area contributed by atoms with Crippen LogP contribution in [0.1, 0.15) is 98.3 Å². The number of hydrogen-bond acceptors (Lipinski definition) is 2. The molecule has 0 spiro atoms. The van der Waals surface area contributed by atoms with Gasteiger partial charge in [0.05, 0.1) is 0 Å². The number of unbranched alkanes of at least 4 members (excludes halogenated alkanes) is 6. The lowest BCUT2D eigenvalue weighted by Crippen LogP contribution is -2.47. The highest BCUT2D eigenvalue weighted by Gasteiger charge is 2.42. The van der Waals surface area contributed by atoms with Crippen LogP contribution in [0.3, 0.4) is 0 Å². The highest BCUT2D eigenvalue weighted by atomic mass is 16.4. The summed E-state index contributed by atoms with van der Waals surface area (Å²) in [6, 6.07) is -0.0721. The van der Waals surface area contributed by atoms with E-state index in [0.717, 1.165) is 32.2 Å². The Kier molecular flexibility index (Phi) is 9.45. The number of hydrogen-bond donors (Lipinski definition) is 3. The Morgan fingerprint density at radius 1 is 1.00 bits per heavy atom. The van der Waals surface area contributed by atoms with Crippen molar-refractivity contribution in [3.63, 3.8) is 0 Å². The molecule has 0 aliphatic heterocycles. The van der Waals surface area contributed by atoms with Crippen LogP contribution in [0.15, 0.2) is 0 Å². The number of carbonyl (C=O) groups excluding carboxylic acids is 1. The fourth-order valence-electron chi connectivity index (χ4n) is 4.81. The summed E-state index contributed by atoms with van der Waals surface area (Å²) in [5.41, 5.74) is -0.113. The fraction of sp³-hybridized carbons (Fsp3) is 0.905. The van der Waals surface area contributed by atoms with Crippen LogP contribution in [0.4, 0.5) is 4.79 Å². The van der Waals surface area contributed by atoms with E-state index in [0.29, 0.717) is 6.42 Å². The van der Waals surface area contributed by atoms with Gasteiger partial charge in [0.25, 0.3) is 0 Å². The molecule has 5 heteroatoms. The van der Waals surface area contributed by atoms with Crippen LogP contribution in [0.5, 0.6) is 0 Å². The Morgan fingerprint density at radius 3 is 2.23 bits per heavy atom. The quantitative estimate of drug-likeness (QED) is 0.444. The lowest BCUT2D eigenvalue weighted by atomic mass is 9.61. The van der Waals surface area contributed by atoms with E-state index in [-0.39, 0.29) is 22.8 Å². The molecule has 0 aromatic heterocycles. The van der Waals surface area contributed by atoms with Gasteiger partial charge in [-0.05, 0) is 36.5 Å². The molecule has 0 bridgehead atoms. The van der Waals surface area contributed by atoms with Crippen LogP contribution in [0, 0.1) is 10.8 Å². The van der Waals surface area contributed by atoms with Crippen LogP contribution < -0.4 is 10.6 Å². The minimum Gasteiger partial charge on any atom is -0.465 e. The normalized spacial score (nSPS) is 24.8. The van der Waals surface area contributed by atoms with E-state index in [1.165, 1.54) is 38.5 Å². The van der Waals surface area contributed by atoms with Gasteiger partial charge in [-0.25, -0.2) is 4.79 Å². The van der Waals surface area contributed by atoms with Crippen LogP contribution >= 0.6 is 0 Å². The average molecular weight is 369 g/mol. The Balaban J connectivity index is 2.33. The molecule has 5 nitrogen and oxygen atoms in total. The van der Waals surface area contributed by atoms with E-state index in [2.05, 4.69) is 38.3 Å². The third-order valence-electron chi connectivity index (χ3n) is 5.46. The molecule has 1 rings (SSSR count). The van der Waals surface area contributed by atoms with Crippen molar-refractivity contribution in [1.82, 2.24) is 10.6 Å². The maximum Gasteiger partial charge on any atom is 0.404 e. The molecule has 1 aliphatic rings. The topological polar surface area (TPSA) is 78.4 Å². The number of carboxylic acid groups (broad SMARTS) is 1. The van der Waals surface area contributed by atoms with Crippen LogP contribution in [-0.2, 0) is 4.79 Å². The predicted octanol–water partition coefficient (Wildman–Crippen LogP) is 5.10. The molecule has 0 heterocycles. The Morgan fingerprint density at radius 2 is 1.62 bits per heavy atom. The van der Waals surface area contributed by atoms with Gasteiger partial charge in [-0.2, -0.15) is 0 Å². The molecule has 2 amide bonds. The fourth-order valence-corrected chi connectivity index (χ4v) is 4.81. The first-order valence-corrected chi connectivity index (χ1v) is 10.4. The number of nitrogens with one attached hydrogen (secondary N) is 2. The minimum atomic E-state index is -0.974. The second kappa shape index (κ2) is 10.8. The number of rotatable bonds is 11. The van der Waals surface area contributed by atoms with Gasteiger partial charge in [0.15, 0.2) is 0 Å². The average Bonchev–Trinajstić information content (AvgIpc) is 2.46. The van der Waals surface area contributed by atoms with E-state index in [4.69, 9.17) is 5.11 Å². The summed E-state index contributed by atoms with van der Waals surface area (Å²) in [5.74, 6) is 0.102. The van der Waals surface area contributed by atoms with E-state index >= 15 is 0 Å². The zero-order valence-electron chi connectivity index (χ0n) is 17.3. The molecule has 0 aromatic carbocycles. The van der Waals surface area contributed by atoms with Gasteiger partial charge >= 0.3 is 6.09 Å². The third kappa shape index (κ3) is 9.44. The minimum absolute atomic E-state index is 0.0406. The van der Waals surface area contributed by atoms with Crippen molar-refractivity contribution in [2.24, 2.45) is 10.8 Å². The summed E-state index contributed by atoms with van der Waals surface area (Å²) in [6.45, 7) is 9.43. The molecule has 1 fully saturated rings. The smallest absolute Gasteiger partial charge is 0.404 e. The lowest BCUT2D eigenvalue weighted by molar-refractivity contribution is -0.124. The van der Waals surface area contributed by atoms with E-state index in [1.54, 1.807) is 0 Å². The lowest BCUT2D eigenvalue weighted by Gasteiger charge is -2.46. The van der Waals surface area contributed by atoms with Gasteiger partial charge < -0.3 is 15.7 Å². The summed E-state index contributed by atoms with van der Waals surface area (Å²) in [5, 5.41) is 14.7. The molecule has 0 saturated heterocycles. The molecule has 2 unspecified atom stereocenters. The monoisotopic (exact) mass is 368 g/mol. The summed E-state index contributed by atoms with van der Waals surface area (Å²) in [7, 11) is 0. The van der Waals surface area contributed by atoms with Gasteiger partial charge in [-0.3, -0.25) is 4.79 Å². The second-order valence-electron chi connectivity index (χ2n) is 9.35. The van der Waals surface area contributed by atoms with Crippen LogP contribution in [0.2, 0.25) is 0 Å². The van der Waals surface area contributed by atoms with Crippen molar-refractivity contribution >= 4 is 12.0 Å². The molecule has 3 N–H and O–H groups in total. The van der Waals surface area contributed by atoms with E-state index in [1.807, 2.05) is 0 Å². The van der Waals surface area contributed by atoms with Crippen molar-refractivity contribution in [1.29, 1.82) is 0 Å². The SMILES string of the molecule is CCCCCCCCCNC(=O)CC1(C)CC(NC(=O)O)CC(C)(C)C1. The second-order valence-corrected chi connectivity index (χ2v) is 9.35. The zero-order valence-corrected chi connectivity index (χ0v) is 17.3. The first-order chi connectivity index (χ1) is 12.2. The molecule has 2 atom stereocenters. The highest BCUT2D eigenvalue weighted by Crippen LogP contribution is 2.47. The number of carbonyl (C=O) groups is 2. The zero-order chi connectivity index (χ0) is 19.6. The maximum atomic E-state index is 12.4. The first kappa shape index (κ1) is 22.8. The Hall–Kier alpha value is -1.26. The van der Waals surface area contributed by atoms with Crippen LogP contribution in [-0.4, -0.2) is 29.7 Å². The van der Waals surface area contributed by atoms with Crippen molar-refractivity contribution in [2.45, 2.75) is 104 Å². The van der Waals surface area contributed by atoms with Gasteiger partial charge in [-0.15, -0.1) is 0 Å². The van der Waals surface area contributed by atoms with Gasteiger partial charge in [0.1, 0.15) is 0 Å². The number of amides is 2. The molecule has 1 aliphatic carbocycles. The highest BCUT2D eigenvalue weighted by molar-refractivity contribution is 5.76. The van der Waals surface area contributed by atoms with Crippen molar-refractivity contribution in [3.05, 3.63) is 0 Å². The molecule has 1 saturated carbocycles. The molecule has 152 valence electrons. The van der Waals surface area contributed by atoms with Gasteiger partial charge in [0.2, 0.25) is 5.91 Å². The third-order valence-corrected chi connectivity index (χ3v) is 5.46. The summed E-state index contributed by atoms with van der Waals surface area (Å²) >= 11 is 0. The van der Waals surface area contributed by atoms with Gasteiger partial charge in [0, 0.05) is 19.0 Å². The Labute approximate surface area is 159 Å². The van der Waals surface area contributed by atoms with Crippen LogP contribution in [0.25, 0.3) is 0 Å². The van der Waals surface area contributed by atoms with Gasteiger partial charge in [-0.1, -0.05) is 66.2 Å². The Bertz CT molecular complexity index is 451. The molecular weight excluding hydrogens is 328 g/mol. The summed E-state index contributed by atoms with van der Waals surface area (Å²) in [4.78, 5) is 23.4. The van der Waals surface area contributed by atoms with Crippen molar-refractivity contribution in [2.75, 3.05) is 6.54 Å². The summed E-state index contributed by atoms with van der Waals surface area (Å²) < 4.78 is 0. The van der Waals surface area contributed by atoms with E-state index in [9.17, 15) is 9.59 Å². The maximum absolute atomic E-state index is 12.4. The largest absolute Gasteiger partial charge is 0.465 e. The molecule has 0 radical (unpaired) electrons. The molecular formula is C21H40N2O3. The standard InChI is InChI=1S/C21H40N2O3/c1-5-6-7-8-9-10-11-12-22-18(24)15-21(4)14-17(23-19(25)26)13-20(2,3)16-21/h17,23H,5-16H2,1-4H3,(H,22,24)(H,25,26). The summed E-state index contributed by atoms with van der Waals surface area (Å²) in [6.07, 6.45) is 10.7. The molecule has 0 aromatic rings. The van der Waals surface area contributed by atoms with Crippen molar-refractivity contribution in [3.8, 4) is 0 Å². The predicted molar refractivity (Wildman–Crippen MR) is 106 cm³/mol. The molecule has 26 heavy (non-hydrogen) atoms. The van der Waals surface area contributed by atoms with E-state index < -0.39 is 6.09 Å². The van der Waals surface area contributed by atoms with Crippen molar-refractivity contribution < 1.29 is 14.7 Å². The first-order valence-electron chi connectivity index (χ1n) is 10.4.